The highest BCUT2D eigenvalue weighted by Crippen LogP contribution is 2.24. The summed E-state index contributed by atoms with van der Waals surface area (Å²) in [6.45, 7) is 2.09. The van der Waals surface area contributed by atoms with E-state index in [0.29, 0.717) is 10.2 Å². The Kier molecular flexibility index (Phi) is 4.59. The number of rotatable bonds is 4. The zero-order valence-corrected chi connectivity index (χ0v) is 9.71. The van der Waals surface area contributed by atoms with Gasteiger partial charge in [0.25, 0.3) is 0 Å². The van der Waals surface area contributed by atoms with E-state index in [1.807, 2.05) is 6.07 Å². The topological polar surface area (TPSA) is 12.0 Å². The highest BCUT2D eigenvalue weighted by molar-refractivity contribution is 9.10. The third-order valence-electron chi connectivity index (χ3n) is 1.44. The van der Waals surface area contributed by atoms with E-state index in [0.717, 1.165) is 12.2 Å². The molecule has 0 aliphatic carbocycles. The van der Waals surface area contributed by atoms with Crippen LogP contribution < -0.4 is 4.72 Å². The van der Waals surface area contributed by atoms with Crippen molar-refractivity contribution in [3.63, 3.8) is 0 Å². The van der Waals surface area contributed by atoms with Gasteiger partial charge in [-0.25, -0.2) is 4.39 Å². The average molecular weight is 264 g/mol. The van der Waals surface area contributed by atoms with Crippen molar-refractivity contribution in [2.45, 2.75) is 13.3 Å². The highest BCUT2D eigenvalue weighted by atomic mass is 79.9. The van der Waals surface area contributed by atoms with Gasteiger partial charge in [-0.1, -0.05) is 24.9 Å². The van der Waals surface area contributed by atoms with Gasteiger partial charge in [0.15, 0.2) is 5.82 Å². The van der Waals surface area contributed by atoms with E-state index in [4.69, 9.17) is 0 Å². The minimum Gasteiger partial charge on any atom is -0.327 e. The Labute approximate surface area is 90.4 Å². The van der Waals surface area contributed by atoms with Crippen LogP contribution in [0.4, 0.5) is 10.1 Å². The van der Waals surface area contributed by atoms with E-state index in [2.05, 4.69) is 27.6 Å². The Hall–Kier alpha value is -0.220. The van der Waals surface area contributed by atoms with Crippen molar-refractivity contribution in [3.8, 4) is 0 Å². The van der Waals surface area contributed by atoms with Crippen LogP contribution >= 0.6 is 27.9 Å². The molecule has 1 nitrogen and oxygen atoms in total. The highest BCUT2D eigenvalue weighted by Gasteiger charge is 2.04. The molecule has 0 spiro atoms. The fourth-order valence-electron chi connectivity index (χ4n) is 0.813. The zero-order valence-electron chi connectivity index (χ0n) is 7.31. The number of anilines is 1. The summed E-state index contributed by atoms with van der Waals surface area (Å²) in [4.78, 5) is 0. The van der Waals surface area contributed by atoms with Gasteiger partial charge in [-0.05, 0) is 34.5 Å². The predicted octanol–water partition coefficient (Wildman–Crippen LogP) is 4.06. The molecule has 0 saturated heterocycles. The molecule has 0 fully saturated rings. The van der Waals surface area contributed by atoms with Gasteiger partial charge in [-0.15, -0.1) is 0 Å². The molecular weight excluding hydrogens is 253 g/mol. The summed E-state index contributed by atoms with van der Waals surface area (Å²) in [5.41, 5.74) is 0.535. The van der Waals surface area contributed by atoms with E-state index in [1.54, 1.807) is 12.1 Å². The molecule has 0 atom stereocenters. The molecule has 1 N–H and O–H groups in total. The monoisotopic (exact) mass is 263 g/mol. The molecule has 72 valence electrons. The first-order valence-electron chi connectivity index (χ1n) is 4.07. The molecule has 4 heteroatoms. The number of hydrogen-bond donors (Lipinski definition) is 1. The van der Waals surface area contributed by atoms with Crippen LogP contribution in [0.25, 0.3) is 0 Å². The lowest BCUT2D eigenvalue weighted by atomic mass is 10.3. The Morgan fingerprint density at radius 1 is 1.54 bits per heavy atom. The van der Waals surface area contributed by atoms with Gasteiger partial charge in [0.2, 0.25) is 0 Å². The van der Waals surface area contributed by atoms with Crippen LogP contribution in [-0.2, 0) is 0 Å². The van der Waals surface area contributed by atoms with Gasteiger partial charge in [-0.2, -0.15) is 0 Å². The molecule has 1 aromatic carbocycles. The Bertz CT molecular complexity index is 280. The first-order valence-corrected chi connectivity index (χ1v) is 5.85. The average Bonchev–Trinajstić information content (AvgIpc) is 2.13. The minimum absolute atomic E-state index is 0.230. The van der Waals surface area contributed by atoms with E-state index in [9.17, 15) is 4.39 Å². The van der Waals surface area contributed by atoms with Gasteiger partial charge in [0.05, 0.1) is 10.2 Å². The Morgan fingerprint density at radius 3 is 3.00 bits per heavy atom. The predicted molar refractivity (Wildman–Crippen MR) is 60.5 cm³/mol. The van der Waals surface area contributed by atoms with Crippen molar-refractivity contribution < 1.29 is 4.39 Å². The molecule has 0 radical (unpaired) electrons. The van der Waals surface area contributed by atoms with Crippen LogP contribution in [0.1, 0.15) is 13.3 Å². The van der Waals surface area contributed by atoms with Crippen molar-refractivity contribution in [2.24, 2.45) is 0 Å². The van der Waals surface area contributed by atoms with Gasteiger partial charge < -0.3 is 4.72 Å². The number of nitrogens with one attached hydrogen (secondary N) is 1. The fraction of sp³-hybridized carbons (Fsp3) is 0.333. The van der Waals surface area contributed by atoms with Crippen LogP contribution in [0.3, 0.4) is 0 Å². The minimum atomic E-state index is -0.230. The van der Waals surface area contributed by atoms with Gasteiger partial charge in [0, 0.05) is 5.75 Å². The molecule has 0 heterocycles. The number of hydrogen-bond acceptors (Lipinski definition) is 2. The van der Waals surface area contributed by atoms with E-state index in [-0.39, 0.29) is 5.82 Å². The van der Waals surface area contributed by atoms with Gasteiger partial charge >= 0.3 is 0 Å². The fourth-order valence-corrected chi connectivity index (χ4v) is 1.80. The number of halogens is 2. The summed E-state index contributed by atoms with van der Waals surface area (Å²) in [7, 11) is 0. The molecule has 0 aliphatic heterocycles. The molecular formula is C9H11BrFNS. The summed E-state index contributed by atoms with van der Waals surface area (Å²) in [6.07, 6.45) is 1.08. The van der Waals surface area contributed by atoms with Crippen molar-refractivity contribution >= 4 is 33.6 Å². The molecule has 0 bridgehead atoms. The maximum atomic E-state index is 13.3. The largest absolute Gasteiger partial charge is 0.327 e. The molecule has 0 saturated carbocycles. The van der Waals surface area contributed by atoms with Crippen LogP contribution in [0.15, 0.2) is 22.7 Å². The van der Waals surface area contributed by atoms with E-state index < -0.39 is 0 Å². The molecule has 1 rings (SSSR count). The van der Waals surface area contributed by atoms with Crippen molar-refractivity contribution in [1.29, 1.82) is 0 Å². The quantitative estimate of drug-likeness (QED) is 0.650. The summed E-state index contributed by atoms with van der Waals surface area (Å²) in [5, 5.41) is 0. The summed E-state index contributed by atoms with van der Waals surface area (Å²) < 4.78 is 16.8. The first-order chi connectivity index (χ1) is 6.25. The maximum Gasteiger partial charge on any atom is 0.161 e. The molecule has 0 unspecified atom stereocenters. The summed E-state index contributed by atoms with van der Waals surface area (Å²) in [5.74, 6) is 0.748. The van der Waals surface area contributed by atoms with Crippen molar-refractivity contribution in [1.82, 2.24) is 0 Å². The van der Waals surface area contributed by atoms with Crippen LogP contribution in [0, 0.1) is 5.82 Å². The number of benzene rings is 1. The van der Waals surface area contributed by atoms with Gasteiger partial charge in [-0.3, -0.25) is 0 Å². The maximum absolute atomic E-state index is 13.3. The first kappa shape index (κ1) is 10.9. The Morgan fingerprint density at radius 2 is 2.31 bits per heavy atom. The van der Waals surface area contributed by atoms with E-state index in [1.165, 1.54) is 11.9 Å². The normalized spacial score (nSPS) is 10.1. The molecule has 13 heavy (non-hydrogen) atoms. The lowest BCUT2D eigenvalue weighted by molar-refractivity contribution is 0.626. The SMILES string of the molecule is CCCSNc1cccc(Br)c1F. The molecule has 1 aromatic rings. The third kappa shape index (κ3) is 3.19. The standard InChI is InChI=1S/C9H11BrFNS/c1-2-6-13-12-8-5-3-4-7(10)9(8)11/h3-5,12H,2,6H2,1H3. The molecule has 0 amide bonds. The van der Waals surface area contributed by atoms with Crippen LogP contribution in [0.2, 0.25) is 0 Å². The smallest absolute Gasteiger partial charge is 0.161 e. The van der Waals surface area contributed by atoms with Crippen LogP contribution in [-0.4, -0.2) is 5.75 Å². The van der Waals surface area contributed by atoms with Gasteiger partial charge in [0.1, 0.15) is 0 Å². The second-order valence-corrected chi connectivity index (χ2v) is 4.31. The second kappa shape index (κ2) is 5.50. The second-order valence-electron chi connectivity index (χ2n) is 2.55. The van der Waals surface area contributed by atoms with Crippen molar-refractivity contribution in [2.75, 3.05) is 10.5 Å². The lowest BCUT2D eigenvalue weighted by Gasteiger charge is -2.06. The summed E-state index contributed by atoms with van der Waals surface area (Å²) >= 11 is 4.65. The zero-order chi connectivity index (χ0) is 9.68. The summed E-state index contributed by atoms with van der Waals surface area (Å²) in [6, 6.07) is 5.22. The molecule has 0 aliphatic rings. The third-order valence-corrected chi connectivity index (χ3v) is 3.03. The lowest BCUT2D eigenvalue weighted by Crippen LogP contribution is -1.92. The van der Waals surface area contributed by atoms with E-state index >= 15 is 0 Å². The Balaban J connectivity index is 2.61. The van der Waals surface area contributed by atoms with Crippen molar-refractivity contribution in [3.05, 3.63) is 28.5 Å². The molecule has 0 aromatic heterocycles. The van der Waals surface area contributed by atoms with Crippen LogP contribution in [0.5, 0.6) is 0 Å².